The third-order valence-electron chi connectivity index (χ3n) is 2.00. The highest BCUT2D eigenvalue weighted by Gasteiger charge is 2.03. The molecule has 0 heterocycles. The molecule has 0 rings (SSSR count). The van der Waals surface area contributed by atoms with E-state index in [1.807, 2.05) is 19.9 Å². The number of methoxy groups -OCH3 is 1. The lowest BCUT2D eigenvalue weighted by atomic mass is 10.1. The minimum absolute atomic E-state index is 0.178. The Balaban J connectivity index is 3.49. The molecule has 3 nitrogen and oxygen atoms in total. The minimum Gasteiger partial charge on any atom is -0.469 e. The number of carbonyl (C=O) groups excluding carboxylic acids is 1. The van der Waals surface area contributed by atoms with Crippen LogP contribution in [0, 0.1) is 5.92 Å². The fourth-order valence-corrected chi connectivity index (χ4v) is 0.924. The molecule has 0 amide bonds. The number of unbranched alkanes of at least 4 members (excludes halogenated alkanes) is 1. The number of ether oxygens (including phenoxy) is 1. The number of hydrogen-bond donors (Lipinski definition) is 1. The second-order valence-corrected chi connectivity index (χ2v) is 3.63. The van der Waals surface area contributed by atoms with Crippen molar-refractivity contribution in [1.82, 2.24) is 0 Å². The van der Waals surface area contributed by atoms with Crippen LogP contribution in [0.1, 0.15) is 33.1 Å². The summed E-state index contributed by atoms with van der Waals surface area (Å²) < 4.78 is 4.50. The maximum absolute atomic E-state index is 10.7. The van der Waals surface area contributed by atoms with E-state index < -0.39 is 0 Å². The molecule has 0 aromatic rings. The Bertz CT molecular complexity index is 185. The molecule has 0 aliphatic rings. The monoisotopic (exact) mass is 200 g/mol. The van der Waals surface area contributed by atoms with E-state index in [-0.39, 0.29) is 18.0 Å². The summed E-state index contributed by atoms with van der Waals surface area (Å²) in [5, 5.41) is 9.40. The van der Waals surface area contributed by atoms with Gasteiger partial charge in [-0.15, -0.1) is 0 Å². The Morgan fingerprint density at radius 2 is 2.14 bits per heavy atom. The molecule has 0 aliphatic carbocycles. The first-order valence-electron chi connectivity index (χ1n) is 4.99. The molecule has 0 fully saturated rings. The van der Waals surface area contributed by atoms with Crippen LogP contribution in [0.5, 0.6) is 0 Å². The van der Waals surface area contributed by atoms with Gasteiger partial charge in [0.15, 0.2) is 0 Å². The normalized spacial score (nSPS) is 13.5. The van der Waals surface area contributed by atoms with E-state index in [0.29, 0.717) is 6.42 Å². The van der Waals surface area contributed by atoms with Crippen molar-refractivity contribution in [2.75, 3.05) is 7.11 Å². The van der Waals surface area contributed by atoms with E-state index in [9.17, 15) is 9.90 Å². The topological polar surface area (TPSA) is 46.5 Å². The largest absolute Gasteiger partial charge is 0.469 e. The summed E-state index contributed by atoms with van der Waals surface area (Å²) in [4.78, 5) is 10.7. The smallest absolute Gasteiger partial charge is 0.305 e. The first kappa shape index (κ1) is 13.2. The van der Waals surface area contributed by atoms with Crippen LogP contribution < -0.4 is 0 Å². The summed E-state index contributed by atoms with van der Waals surface area (Å²) in [5.41, 5.74) is 0. The van der Waals surface area contributed by atoms with Gasteiger partial charge in [-0.1, -0.05) is 26.0 Å². The van der Waals surface area contributed by atoms with Crippen molar-refractivity contribution in [3.05, 3.63) is 12.2 Å². The number of aliphatic hydroxyl groups is 1. The van der Waals surface area contributed by atoms with Gasteiger partial charge in [0.1, 0.15) is 0 Å². The molecule has 0 bridgehead atoms. The van der Waals surface area contributed by atoms with E-state index in [4.69, 9.17) is 0 Å². The summed E-state index contributed by atoms with van der Waals surface area (Å²) in [6.45, 7) is 3.92. The van der Waals surface area contributed by atoms with Crippen LogP contribution in [0.3, 0.4) is 0 Å². The van der Waals surface area contributed by atoms with Gasteiger partial charge in [-0.25, -0.2) is 0 Å². The molecule has 0 saturated heterocycles. The highest BCUT2D eigenvalue weighted by Crippen LogP contribution is 2.04. The summed E-state index contributed by atoms with van der Waals surface area (Å²) in [5.74, 6) is 0.0645. The molecule has 0 saturated carbocycles. The minimum atomic E-state index is -0.381. The van der Waals surface area contributed by atoms with Crippen LogP contribution in [0.15, 0.2) is 12.2 Å². The molecule has 82 valence electrons. The quantitative estimate of drug-likeness (QED) is 0.404. The van der Waals surface area contributed by atoms with Crippen molar-refractivity contribution >= 4 is 5.97 Å². The molecular weight excluding hydrogens is 180 g/mol. The molecule has 0 aromatic carbocycles. The first-order valence-corrected chi connectivity index (χ1v) is 4.99. The van der Waals surface area contributed by atoms with Crippen molar-refractivity contribution in [2.24, 2.45) is 5.92 Å². The van der Waals surface area contributed by atoms with E-state index >= 15 is 0 Å². The Morgan fingerprint density at radius 3 is 2.64 bits per heavy atom. The number of aliphatic hydroxyl groups excluding tert-OH is 1. The Labute approximate surface area is 85.8 Å². The van der Waals surface area contributed by atoms with Crippen LogP contribution in [-0.4, -0.2) is 24.3 Å². The van der Waals surface area contributed by atoms with E-state index in [2.05, 4.69) is 4.74 Å². The molecule has 0 aromatic heterocycles. The molecule has 0 radical (unpaired) electrons. The molecular formula is C11H20O3. The van der Waals surface area contributed by atoms with Crippen LogP contribution in [-0.2, 0) is 9.53 Å². The van der Waals surface area contributed by atoms with Crippen LogP contribution >= 0.6 is 0 Å². The zero-order valence-corrected chi connectivity index (χ0v) is 9.19. The van der Waals surface area contributed by atoms with Crippen molar-refractivity contribution in [3.8, 4) is 0 Å². The molecule has 3 heteroatoms. The zero-order valence-electron chi connectivity index (χ0n) is 9.19. The van der Waals surface area contributed by atoms with Crippen LogP contribution in [0.25, 0.3) is 0 Å². The van der Waals surface area contributed by atoms with Gasteiger partial charge in [-0.3, -0.25) is 4.79 Å². The summed E-state index contributed by atoms with van der Waals surface area (Å²) >= 11 is 0. The van der Waals surface area contributed by atoms with Gasteiger partial charge >= 0.3 is 5.97 Å². The second kappa shape index (κ2) is 7.56. The highest BCUT2D eigenvalue weighted by atomic mass is 16.5. The number of carbonyl (C=O) groups is 1. The standard InChI is InChI=1S/C11H20O3/c1-9(2)10(12)7-5-4-6-8-11(13)14-3/h5,7,9-10,12H,4,6,8H2,1-3H3/b7-5+. The third kappa shape index (κ3) is 6.66. The number of rotatable bonds is 6. The molecule has 14 heavy (non-hydrogen) atoms. The molecule has 0 aliphatic heterocycles. The van der Waals surface area contributed by atoms with Crippen molar-refractivity contribution in [1.29, 1.82) is 0 Å². The Hall–Kier alpha value is -0.830. The van der Waals surface area contributed by atoms with Gasteiger partial charge in [-0.05, 0) is 18.8 Å². The van der Waals surface area contributed by atoms with Gasteiger partial charge in [0.2, 0.25) is 0 Å². The number of hydrogen-bond acceptors (Lipinski definition) is 3. The van der Waals surface area contributed by atoms with Crippen molar-refractivity contribution in [3.63, 3.8) is 0 Å². The van der Waals surface area contributed by atoms with Crippen molar-refractivity contribution in [2.45, 2.75) is 39.2 Å². The third-order valence-corrected chi connectivity index (χ3v) is 2.00. The molecule has 0 spiro atoms. The average Bonchev–Trinajstić information content (AvgIpc) is 2.16. The maximum atomic E-state index is 10.7. The second-order valence-electron chi connectivity index (χ2n) is 3.63. The summed E-state index contributed by atoms with van der Waals surface area (Å²) in [6, 6.07) is 0. The van der Waals surface area contributed by atoms with E-state index in [1.54, 1.807) is 6.08 Å². The van der Waals surface area contributed by atoms with Gasteiger partial charge in [0, 0.05) is 6.42 Å². The van der Waals surface area contributed by atoms with Crippen LogP contribution in [0.2, 0.25) is 0 Å². The fourth-order valence-electron chi connectivity index (χ4n) is 0.924. The summed E-state index contributed by atoms with van der Waals surface area (Å²) in [6.07, 6.45) is 5.33. The molecule has 1 unspecified atom stereocenters. The average molecular weight is 200 g/mol. The van der Waals surface area contributed by atoms with Gasteiger partial charge in [0.25, 0.3) is 0 Å². The van der Waals surface area contributed by atoms with Gasteiger partial charge in [-0.2, -0.15) is 0 Å². The zero-order chi connectivity index (χ0) is 11.0. The van der Waals surface area contributed by atoms with E-state index in [0.717, 1.165) is 12.8 Å². The SMILES string of the molecule is COC(=O)CCC/C=C/C(O)C(C)C. The lowest BCUT2D eigenvalue weighted by Crippen LogP contribution is -2.10. The fraction of sp³-hybridized carbons (Fsp3) is 0.727. The number of allylic oxidation sites excluding steroid dienone is 1. The van der Waals surface area contributed by atoms with Crippen molar-refractivity contribution < 1.29 is 14.6 Å². The summed E-state index contributed by atoms with van der Waals surface area (Å²) in [7, 11) is 1.39. The molecule has 1 N–H and O–H groups in total. The lowest BCUT2D eigenvalue weighted by molar-refractivity contribution is -0.140. The van der Waals surface area contributed by atoms with Crippen LogP contribution in [0.4, 0.5) is 0 Å². The maximum Gasteiger partial charge on any atom is 0.305 e. The van der Waals surface area contributed by atoms with E-state index in [1.165, 1.54) is 7.11 Å². The number of esters is 1. The highest BCUT2D eigenvalue weighted by molar-refractivity contribution is 5.68. The first-order chi connectivity index (χ1) is 6.57. The Kier molecular flexibility index (Phi) is 7.11. The predicted octanol–water partition coefficient (Wildman–Crippen LogP) is 1.90. The van der Waals surface area contributed by atoms with Gasteiger partial charge < -0.3 is 9.84 Å². The predicted molar refractivity (Wildman–Crippen MR) is 55.9 cm³/mol. The lowest BCUT2D eigenvalue weighted by Gasteiger charge is -2.08. The molecule has 1 atom stereocenters. The van der Waals surface area contributed by atoms with Gasteiger partial charge in [0.05, 0.1) is 13.2 Å². The Morgan fingerprint density at radius 1 is 1.50 bits per heavy atom.